The molecule has 2 heterocycles. The van der Waals surface area contributed by atoms with E-state index in [1.54, 1.807) is 0 Å². The summed E-state index contributed by atoms with van der Waals surface area (Å²) in [6, 6.07) is 1.42. The summed E-state index contributed by atoms with van der Waals surface area (Å²) in [6.07, 6.45) is 3.41. The Morgan fingerprint density at radius 1 is 1.28 bits per heavy atom. The van der Waals surface area contributed by atoms with Gasteiger partial charge in [0.05, 0.1) is 27.2 Å². The average molecular weight is 284 g/mol. The third-order valence-electron chi connectivity index (χ3n) is 2.34. The van der Waals surface area contributed by atoms with E-state index in [2.05, 4.69) is 0 Å². The molecule has 0 fully saturated rings. The Morgan fingerprint density at radius 2 is 2.00 bits per heavy atom. The van der Waals surface area contributed by atoms with Crippen molar-refractivity contribution in [2.75, 3.05) is 6.26 Å². The summed E-state index contributed by atoms with van der Waals surface area (Å²) in [5, 5.41) is 1.37. The van der Waals surface area contributed by atoms with Gasteiger partial charge in [-0.05, 0) is 6.07 Å². The first kappa shape index (κ1) is 12.7. The van der Waals surface area contributed by atoms with E-state index in [-0.39, 0.29) is 26.7 Å². The van der Waals surface area contributed by atoms with Gasteiger partial charge in [0.25, 0.3) is 0 Å². The van der Waals surface area contributed by atoms with Crippen LogP contribution in [0.15, 0.2) is 27.0 Å². The highest BCUT2D eigenvalue weighted by molar-refractivity contribution is 7.91. The molecule has 0 aliphatic carbocycles. The Balaban J connectivity index is 2.81. The molecule has 0 aliphatic rings. The predicted octanol–water partition coefficient (Wildman–Crippen LogP) is 2.04. The Bertz CT molecular complexity index is 706. The molecule has 0 unspecified atom stereocenters. The number of carbonyl (C=O) groups excluding carboxylic acids is 2. The van der Waals surface area contributed by atoms with Gasteiger partial charge in [-0.2, -0.15) is 0 Å². The van der Waals surface area contributed by atoms with Crippen molar-refractivity contribution in [3.63, 3.8) is 0 Å². The lowest BCUT2D eigenvalue weighted by Gasteiger charge is -2.01. The number of hydrogen-bond acceptors (Lipinski definition) is 6. The third kappa shape index (κ3) is 2.02. The Labute approximate surface area is 107 Å². The molecule has 0 radical (unpaired) electrons. The van der Waals surface area contributed by atoms with Gasteiger partial charge < -0.3 is 4.42 Å². The van der Waals surface area contributed by atoms with Crippen LogP contribution in [0.5, 0.6) is 0 Å². The Kier molecular flexibility index (Phi) is 3.18. The lowest BCUT2D eigenvalue weighted by Crippen LogP contribution is -1.98. The topological polar surface area (TPSA) is 81.4 Å². The maximum absolute atomic E-state index is 11.6. The van der Waals surface area contributed by atoms with Crippen molar-refractivity contribution in [1.29, 1.82) is 0 Å². The van der Waals surface area contributed by atoms with Crippen LogP contribution in [0, 0.1) is 0 Å². The number of thiophene rings is 1. The first-order chi connectivity index (χ1) is 8.49. The second-order valence-electron chi connectivity index (χ2n) is 3.55. The molecule has 0 amide bonds. The number of aldehydes is 2. The van der Waals surface area contributed by atoms with Crippen LogP contribution in [0.25, 0.3) is 11.3 Å². The van der Waals surface area contributed by atoms with Gasteiger partial charge in [0.15, 0.2) is 22.4 Å². The van der Waals surface area contributed by atoms with Crippen LogP contribution in [0.2, 0.25) is 0 Å². The van der Waals surface area contributed by atoms with Crippen LogP contribution in [-0.2, 0) is 9.84 Å². The van der Waals surface area contributed by atoms with Gasteiger partial charge in [0, 0.05) is 11.6 Å². The zero-order valence-corrected chi connectivity index (χ0v) is 10.9. The Morgan fingerprint density at radius 3 is 2.56 bits per heavy atom. The fourth-order valence-electron chi connectivity index (χ4n) is 1.55. The van der Waals surface area contributed by atoms with Gasteiger partial charge in [0.2, 0.25) is 0 Å². The fraction of sp³-hybridized carbons (Fsp3) is 0.0909. The van der Waals surface area contributed by atoms with E-state index in [9.17, 15) is 18.0 Å². The summed E-state index contributed by atoms with van der Waals surface area (Å²) < 4.78 is 28.4. The van der Waals surface area contributed by atoms with Crippen LogP contribution in [0.4, 0.5) is 0 Å². The van der Waals surface area contributed by atoms with Gasteiger partial charge in [-0.25, -0.2) is 8.42 Å². The predicted molar refractivity (Wildman–Crippen MR) is 65.9 cm³/mol. The highest BCUT2D eigenvalue weighted by atomic mass is 32.2. The molecule has 2 aromatic heterocycles. The lowest BCUT2D eigenvalue weighted by molar-refractivity contribution is 0.111. The van der Waals surface area contributed by atoms with E-state index >= 15 is 0 Å². The van der Waals surface area contributed by atoms with E-state index in [0.717, 1.165) is 17.6 Å². The molecule has 0 atom stereocenters. The van der Waals surface area contributed by atoms with E-state index in [1.165, 1.54) is 17.7 Å². The van der Waals surface area contributed by atoms with E-state index in [1.807, 2.05) is 0 Å². The second-order valence-corrected chi connectivity index (χ2v) is 6.45. The van der Waals surface area contributed by atoms with Crippen molar-refractivity contribution < 1.29 is 22.4 Å². The van der Waals surface area contributed by atoms with Gasteiger partial charge in [-0.15, -0.1) is 11.3 Å². The molecule has 94 valence electrons. The van der Waals surface area contributed by atoms with Crippen LogP contribution in [-0.4, -0.2) is 27.2 Å². The molecule has 5 nitrogen and oxygen atoms in total. The van der Waals surface area contributed by atoms with Gasteiger partial charge in [-0.1, -0.05) is 0 Å². The van der Waals surface area contributed by atoms with Crippen molar-refractivity contribution in [3.8, 4) is 11.3 Å². The molecular weight excluding hydrogens is 276 g/mol. The minimum absolute atomic E-state index is 0.00681. The summed E-state index contributed by atoms with van der Waals surface area (Å²) in [5.74, 6) is 0.105. The van der Waals surface area contributed by atoms with Gasteiger partial charge >= 0.3 is 0 Å². The van der Waals surface area contributed by atoms with E-state index < -0.39 is 9.84 Å². The van der Waals surface area contributed by atoms with Crippen LogP contribution in [0.3, 0.4) is 0 Å². The van der Waals surface area contributed by atoms with Crippen molar-refractivity contribution >= 4 is 33.7 Å². The first-order valence-electron chi connectivity index (χ1n) is 4.78. The van der Waals surface area contributed by atoms with Gasteiger partial charge in [-0.3, -0.25) is 9.59 Å². The van der Waals surface area contributed by atoms with Crippen molar-refractivity contribution in [1.82, 2.24) is 0 Å². The molecule has 0 aliphatic heterocycles. The highest BCUT2D eigenvalue weighted by Gasteiger charge is 2.24. The van der Waals surface area contributed by atoms with Crippen LogP contribution >= 0.6 is 11.3 Å². The number of carbonyl (C=O) groups is 2. The quantitative estimate of drug-likeness (QED) is 0.802. The molecule has 0 spiro atoms. The molecule has 0 bridgehead atoms. The fourth-order valence-corrected chi connectivity index (χ4v) is 3.76. The highest BCUT2D eigenvalue weighted by Crippen LogP contribution is 2.36. The minimum atomic E-state index is -3.50. The zero-order valence-electron chi connectivity index (χ0n) is 9.24. The maximum Gasteiger partial charge on any atom is 0.177 e. The molecule has 0 aromatic carbocycles. The molecular formula is C11H8O5S2. The van der Waals surface area contributed by atoms with Crippen molar-refractivity contribution in [2.45, 2.75) is 4.90 Å². The molecule has 2 rings (SSSR count). The van der Waals surface area contributed by atoms with Gasteiger partial charge in [0.1, 0.15) is 5.76 Å². The van der Waals surface area contributed by atoms with Crippen molar-refractivity contribution in [3.05, 3.63) is 28.2 Å². The monoisotopic (exact) mass is 284 g/mol. The smallest absolute Gasteiger partial charge is 0.177 e. The average Bonchev–Trinajstić information content (AvgIpc) is 2.93. The summed E-state index contributed by atoms with van der Waals surface area (Å²) in [4.78, 5) is 22.0. The summed E-state index contributed by atoms with van der Waals surface area (Å²) >= 11 is 0.997. The lowest BCUT2D eigenvalue weighted by atomic mass is 10.1. The van der Waals surface area contributed by atoms with E-state index in [0.29, 0.717) is 12.6 Å². The molecule has 0 saturated carbocycles. The number of sulfone groups is 1. The SMILES string of the molecule is CS(=O)(=O)c1csc(C=O)c1-c1occc1C=O. The normalized spacial score (nSPS) is 11.4. The number of rotatable bonds is 4. The minimum Gasteiger partial charge on any atom is -0.463 e. The first-order valence-corrected chi connectivity index (χ1v) is 7.56. The zero-order chi connectivity index (χ0) is 13.3. The molecule has 7 heteroatoms. The second kappa shape index (κ2) is 4.51. The molecule has 0 N–H and O–H groups in total. The summed E-state index contributed by atoms with van der Waals surface area (Å²) in [5.41, 5.74) is 0.367. The number of furan rings is 1. The molecule has 2 aromatic rings. The summed E-state index contributed by atoms with van der Waals surface area (Å²) in [7, 11) is -3.50. The van der Waals surface area contributed by atoms with E-state index in [4.69, 9.17) is 4.42 Å². The standard InChI is InChI=1S/C11H8O5S2/c1-18(14,15)9-6-17-8(5-13)10(9)11-7(4-12)2-3-16-11/h2-6H,1H3. The number of hydrogen-bond donors (Lipinski definition) is 0. The third-order valence-corrected chi connectivity index (χ3v) is 4.52. The molecule has 0 saturated heterocycles. The maximum atomic E-state index is 11.6. The van der Waals surface area contributed by atoms with Crippen molar-refractivity contribution in [2.24, 2.45) is 0 Å². The summed E-state index contributed by atoms with van der Waals surface area (Å²) in [6.45, 7) is 0. The Hall–Kier alpha value is -1.73. The largest absolute Gasteiger partial charge is 0.463 e. The van der Waals surface area contributed by atoms with Crippen LogP contribution in [0.1, 0.15) is 20.0 Å². The van der Waals surface area contributed by atoms with Crippen LogP contribution < -0.4 is 0 Å². The molecule has 18 heavy (non-hydrogen) atoms.